The van der Waals surface area contributed by atoms with E-state index in [0.29, 0.717) is 12.1 Å². The van der Waals surface area contributed by atoms with Crippen molar-refractivity contribution in [1.29, 1.82) is 0 Å². The van der Waals surface area contributed by atoms with E-state index in [-0.39, 0.29) is 18.4 Å². The number of benzene rings is 1. The summed E-state index contributed by atoms with van der Waals surface area (Å²) in [4.78, 5) is 27.1. The van der Waals surface area contributed by atoms with Crippen molar-refractivity contribution < 1.29 is 24.2 Å². The number of carboxylic acid groups (broad SMARTS) is 2. The summed E-state index contributed by atoms with van der Waals surface area (Å²) in [7, 11) is 0. The smallest absolute Gasteiger partial charge is 0.320 e. The minimum Gasteiger partial charge on any atom is -0.481 e. The van der Waals surface area contributed by atoms with Gasteiger partial charge in [-0.2, -0.15) is 0 Å². The number of oxazole rings is 1. The predicted octanol–water partition coefficient (Wildman–Crippen LogP) is 2.60. The van der Waals surface area contributed by atoms with Crippen LogP contribution in [-0.2, 0) is 9.59 Å². The predicted molar refractivity (Wildman–Crippen MR) is 91.2 cm³/mol. The van der Waals surface area contributed by atoms with E-state index in [1.54, 1.807) is 0 Å². The molecule has 0 fully saturated rings. The number of carbonyl (C=O) groups is 2. The van der Waals surface area contributed by atoms with Gasteiger partial charge in [0.25, 0.3) is 0 Å². The maximum atomic E-state index is 11.6. The van der Waals surface area contributed by atoms with Crippen molar-refractivity contribution in [2.45, 2.75) is 32.2 Å². The largest absolute Gasteiger partial charge is 0.481 e. The molecule has 1 heterocycles. The van der Waals surface area contributed by atoms with Crippen LogP contribution in [0.3, 0.4) is 0 Å². The van der Waals surface area contributed by atoms with Gasteiger partial charge in [-0.1, -0.05) is 44.2 Å². The quantitative estimate of drug-likeness (QED) is 0.639. The molecule has 0 aliphatic carbocycles. The second-order valence-corrected chi connectivity index (χ2v) is 6.26. The summed E-state index contributed by atoms with van der Waals surface area (Å²) in [6, 6.07) is 8.45. The van der Waals surface area contributed by atoms with Gasteiger partial charge < -0.3 is 19.9 Å². The van der Waals surface area contributed by atoms with E-state index in [4.69, 9.17) is 4.42 Å². The molecule has 3 N–H and O–H groups in total. The van der Waals surface area contributed by atoms with Crippen molar-refractivity contribution >= 4 is 11.9 Å². The van der Waals surface area contributed by atoms with Crippen molar-refractivity contribution in [3.63, 3.8) is 0 Å². The van der Waals surface area contributed by atoms with Crippen molar-refractivity contribution in [2.75, 3.05) is 6.54 Å². The average Bonchev–Trinajstić information content (AvgIpc) is 3.03. The molecule has 0 saturated carbocycles. The maximum absolute atomic E-state index is 11.6. The molecule has 0 aliphatic heterocycles. The number of nitrogens with one attached hydrogen (secondary N) is 1. The van der Waals surface area contributed by atoms with Gasteiger partial charge in [-0.05, 0) is 12.3 Å². The lowest BCUT2D eigenvalue weighted by molar-refractivity contribution is -0.142. The Balaban J connectivity index is 2.12. The van der Waals surface area contributed by atoms with Gasteiger partial charge in [0.1, 0.15) is 23.9 Å². The molecule has 2 aromatic rings. The van der Waals surface area contributed by atoms with E-state index >= 15 is 0 Å². The molecule has 7 heteroatoms. The van der Waals surface area contributed by atoms with Gasteiger partial charge in [0.2, 0.25) is 5.89 Å². The van der Waals surface area contributed by atoms with Crippen LogP contribution in [0.25, 0.3) is 11.3 Å². The van der Waals surface area contributed by atoms with Crippen LogP contribution in [0.1, 0.15) is 32.1 Å². The summed E-state index contributed by atoms with van der Waals surface area (Å²) in [5.74, 6) is -2.97. The van der Waals surface area contributed by atoms with Crippen LogP contribution < -0.4 is 5.32 Å². The Morgan fingerprint density at radius 1 is 1.16 bits per heavy atom. The molecule has 0 saturated heterocycles. The van der Waals surface area contributed by atoms with Crippen molar-refractivity contribution in [1.82, 2.24) is 10.3 Å². The van der Waals surface area contributed by atoms with Gasteiger partial charge in [0, 0.05) is 12.1 Å². The number of hydrogen-bond acceptors (Lipinski definition) is 5. The topological polar surface area (TPSA) is 113 Å². The molecule has 2 atom stereocenters. The van der Waals surface area contributed by atoms with Gasteiger partial charge in [-0.3, -0.25) is 9.59 Å². The summed E-state index contributed by atoms with van der Waals surface area (Å²) in [6.07, 6.45) is 1.81. The third-order valence-electron chi connectivity index (χ3n) is 3.76. The number of aliphatic carboxylic acids is 2. The zero-order valence-corrected chi connectivity index (χ0v) is 14.2. The van der Waals surface area contributed by atoms with E-state index in [2.05, 4.69) is 10.3 Å². The van der Waals surface area contributed by atoms with Crippen LogP contribution in [0, 0.1) is 5.92 Å². The van der Waals surface area contributed by atoms with Crippen LogP contribution in [0.15, 0.2) is 41.0 Å². The molecular formula is C18H22N2O5. The van der Waals surface area contributed by atoms with Crippen molar-refractivity contribution in [3.8, 4) is 11.3 Å². The van der Waals surface area contributed by atoms with Crippen molar-refractivity contribution in [3.05, 3.63) is 42.5 Å². The number of nitrogens with zero attached hydrogens (tertiary/aromatic N) is 1. The fourth-order valence-electron chi connectivity index (χ4n) is 2.47. The first-order valence-electron chi connectivity index (χ1n) is 8.08. The van der Waals surface area contributed by atoms with Crippen LogP contribution in [0.4, 0.5) is 0 Å². The maximum Gasteiger partial charge on any atom is 0.320 e. The van der Waals surface area contributed by atoms with Gasteiger partial charge >= 0.3 is 11.9 Å². The summed E-state index contributed by atoms with van der Waals surface area (Å²) in [5.41, 5.74) is 1.36. The number of rotatable bonds is 9. The van der Waals surface area contributed by atoms with Gasteiger partial charge in [0.15, 0.2) is 0 Å². The molecular weight excluding hydrogens is 324 g/mol. The Kier molecular flexibility index (Phi) is 6.30. The van der Waals surface area contributed by atoms with Gasteiger partial charge in [-0.25, -0.2) is 4.98 Å². The highest BCUT2D eigenvalue weighted by molar-refractivity contribution is 5.76. The second-order valence-electron chi connectivity index (χ2n) is 6.26. The Hall–Kier alpha value is -2.67. The SMILES string of the molecule is CC(C)CC(NCC(C(=O)O)c1nc(-c2ccccc2)co1)C(=O)O. The van der Waals surface area contributed by atoms with Gasteiger partial charge in [0.05, 0.1) is 0 Å². The average molecular weight is 346 g/mol. The Morgan fingerprint density at radius 2 is 1.84 bits per heavy atom. The van der Waals surface area contributed by atoms with Gasteiger partial charge in [-0.15, -0.1) is 0 Å². The molecule has 1 aromatic carbocycles. The van der Waals surface area contributed by atoms with Crippen LogP contribution >= 0.6 is 0 Å². The van der Waals surface area contributed by atoms with Crippen LogP contribution in [-0.4, -0.2) is 39.7 Å². The van der Waals surface area contributed by atoms with E-state index in [0.717, 1.165) is 5.56 Å². The number of aromatic nitrogens is 1. The molecule has 0 amide bonds. The number of hydrogen-bond donors (Lipinski definition) is 3. The summed E-state index contributed by atoms with van der Waals surface area (Å²) < 4.78 is 5.34. The highest BCUT2D eigenvalue weighted by Gasteiger charge is 2.28. The molecule has 0 bridgehead atoms. The Bertz CT molecular complexity index is 711. The first-order valence-corrected chi connectivity index (χ1v) is 8.08. The highest BCUT2D eigenvalue weighted by Crippen LogP contribution is 2.22. The van der Waals surface area contributed by atoms with Crippen LogP contribution in [0.2, 0.25) is 0 Å². The van der Waals surface area contributed by atoms with E-state index < -0.39 is 23.9 Å². The lowest BCUT2D eigenvalue weighted by Crippen LogP contribution is -2.41. The Labute approximate surface area is 145 Å². The molecule has 0 radical (unpaired) electrons. The fourth-order valence-corrected chi connectivity index (χ4v) is 2.47. The first kappa shape index (κ1) is 18.7. The molecule has 0 spiro atoms. The molecule has 7 nitrogen and oxygen atoms in total. The summed E-state index contributed by atoms with van der Waals surface area (Å²) in [5, 5.41) is 21.5. The number of carboxylic acids is 2. The molecule has 1 aromatic heterocycles. The fraction of sp³-hybridized carbons (Fsp3) is 0.389. The first-order chi connectivity index (χ1) is 11.9. The molecule has 25 heavy (non-hydrogen) atoms. The molecule has 0 aliphatic rings. The highest BCUT2D eigenvalue weighted by atomic mass is 16.4. The lowest BCUT2D eigenvalue weighted by atomic mass is 10.0. The molecule has 2 rings (SSSR count). The summed E-state index contributed by atoms with van der Waals surface area (Å²) in [6.45, 7) is 3.74. The summed E-state index contributed by atoms with van der Waals surface area (Å²) >= 11 is 0. The Morgan fingerprint density at radius 3 is 2.40 bits per heavy atom. The zero-order chi connectivity index (χ0) is 18.4. The van der Waals surface area contributed by atoms with E-state index in [9.17, 15) is 19.8 Å². The van der Waals surface area contributed by atoms with E-state index in [1.165, 1.54) is 6.26 Å². The minimum atomic E-state index is -1.12. The molecule has 2 unspecified atom stereocenters. The third kappa shape index (κ3) is 5.15. The van der Waals surface area contributed by atoms with Crippen molar-refractivity contribution in [2.24, 2.45) is 5.92 Å². The normalized spacial score (nSPS) is 13.6. The standard InChI is InChI=1S/C18H22N2O5/c1-11(2)8-14(18(23)24)19-9-13(17(21)22)16-20-15(10-25-16)12-6-4-3-5-7-12/h3-7,10-11,13-14,19H,8-9H2,1-2H3,(H,21,22)(H,23,24). The molecule has 134 valence electrons. The minimum absolute atomic E-state index is 0.0486. The third-order valence-corrected chi connectivity index (χ3v) is 3.76. The van der Waals surface area contributed by atoms with E-state index in [1.807, 2.05) is 44.2 Å². The lowest BCUT2D eigenvalue weighted by Gasteiger charge is -2.18. The van der Waals surface area contributed by atoms with Crippen LogP contribution in [0.5, 0.6) is 0 Å². The zero-order valence-electron chi connectivity index (χ0n) is 14.2. The second kappa shape index (κ2) is 8.43. The monoisotopic (exact) mass is 346 g/mol.